The summed E-state index contributed by atoms with van der Waals surface area (Å²) in [4.78, 5) is 11.8. The summed E-state index contributed by atoms with van der Waals surface area (Å²) >= 11 is 4.93. The number of benzene rings is 1. The maximum atomic E-state index is 11.8. The van der Waals surface area contributed by atoms with Crippen LogP contribution < -0.4 is 20.9 Å². The van der Waals surface area contributed by atoms with E-state index in [1.165, 1.54) is 0 Å². The van der Waals surface area contributed by atoms with Gasteiger partial charge in [0.25, 0.3) is 5.91 Å². The first-order valence-corrected chi connectivity index (χ1v) is 6.50. The van der Waals surface area contributed by atoms with Gasteiger partial charge in [0.1, 0.15) is 5.75 Å². The Balaban J connectivity index is 2.42. The third-order valence-corrected chi connectivity index (χ3v) is 2.55. The van der Waals surface area contributed by atoms with Crippen LogP contribution in [0.1, 0.15) is 19.4 Å². The zero-order chi connectivity index (χ0) is 14.3. The summed E-state index contributed by atoms with van der Waals surface area (Å²) in [5, 5.41) is 3.24. The molecule has 0 aliphatic carbocycles. The largest absolute Gasteiger partial charge is 0.481 e. The van der Waals surface area contributed by atoms with Gasteiger partial charge in [-0.3, -0.25) is 15.6 Å². The Labute approximate surface area is 118 Å². The molecule has 0 fully saturated rings. The zero-order valence-corrected chi connectivity index (χ0v) is 12.1. The molecule has 0 aliphatic rings. The lowest BCUT2D eigenvalue weighted by Gasteiger charge is -2.16. The van der Waals surface area contributed by atoms with E-state index in [-0.39, 0.29) is 5.91 Å². The second kappa shape index (κ2) is 7.58. The van der Waals surface area contributed by atoms with Crippen LogP contribution in [0.25, 0.3) is 0 Å². The topological polar surface area (TPSA) is 62.4 Å². The van der Waals surface area contributed by atoms with Gasteiger partial charge in [-0.15, -0.1) is 0 Å². The quantitative estimate of drug-likeness (QED) is 0.573. The molecule has 0 unspecified atom stereocenters. The summed E-state index contributed by atoms with van der Waals surface area (Å²) in [5.41, 5.74) is 6.17. The molecule has 19 heavy (non-hydrogen) atoms. The lowest BCUT2D eigenvalue weighted by Crippen LogP contribution is -2.50. The molecule has 0 saturated heterocycles. The molecule has 0 radical (unpaired) electrons. The highest BCUT2D eigenvalue weighted by atomic mass is 32.1. The van der Waals surface area contributed by atoms with Gasteiger partial charge in [-0.25, -0.2) is 0 Å². The van der Waals surface area contributed by atoms with E-state index in [0.717, 1.165) is 5.56 Å². The van der Waals surface area contributed by atoms with Crippen LogP contribution in [-0.2, 0) is 4.79 Å². The van der Waals surface area contributed by atoms with Crippen molar-refractivity contribution in [2.75, 3.05) is 6.54 Å². The van der Waals surface area contributed by atoms with Crippen molar-refractivity contribution >= 4 is 23.2 Å². The molecule has 0 spiro atoms. The minimum absolute atomic E-state index is 0.290. The van der Waals surface area contributed by atoms with Gasteiger partial charge in [0.15, 0.2) is 11.2 Å². The van der Waals surface area contributed by atoms with Crippen LogP contribution in [0.2, 0.25) is 0 Å². The van der Waals surface area contributed by atoms with Crippen LogP contribution in [0.4, 0.5) is 0 Å². The van der Waals surface area contributed by atoms with Gasteiger partial charge >= 0.3 is 0 Å². The molecular weight excluding hydrogens is 262 g/mol. The SMILES string of the molecule is CCNC(=S)NNC(=O)[C@@H](C)Oc1cccc(C)c1. The number of hydrogen-bond donors (Lipinski definition) is 3. The molecule has 1 atom stereocenters. The van der Waals surface area contributed by atoms with Gasteiger partial charge in [0.2, 0.25) is 0 Å². The predicted octanol–water partition coefficient (Wildman–Crippen LogP) is 1.28. The number of ether oxygens (including phenoxy) is 1. The molecular formula is C13H19N3O2S. The maximum absolute atomic E-state index is 11.8. The van der Waals surface area contributed by atoms with E-state index in [1.807, 2.05) is 38.1 Å². The molecule has 0 bridgehead atoms. The zero-order valence-electron chi connectivity index (χ0n) is 11.3. The van der Waals surface area contributed by atoms with E-state index in [4.69, 9.17) is 17.0 Å². The number of nitrogens with one attached hydrogen (secondary N) is 3. The number of rotatable bonds is 4. The minimum atomic E-state index is -0.612. The van der Waals surface area contributed by atoms with Crippen molar-refractivity contribution in [1.29, 1.82) is 0 Å². The lowest BCUT2D eigenvalue weighted by molar-refractivity contribution is -0.127. The Morgan fingerprint density at radius 2 is 2.16 bits per heavy atom. The van der Waals surface area contributed by atoms with Gasteiger partial charge in [-0.2, -0.15) is 0 Å². The van der Waals surface area contributed by atoms with E-state index >= 15 is 0 Å². The first kappa shape index (κ1) is 15.2. The summed E-state index contributed by atoms with van der Waals surface area (Å²) in [5.74, 6) is 0.374. The van der Waals surface area contributed by atoms with Gasteiger partial charge in [0.05, 0.1) is 0 Å². The Morgan fingerprint density at radius 1 is 1.42 bits per heavy atom. The standard InChI is InChI=1S/C13H19N3O2S/c1-4-14-13(19)16-15-12(17)10(3)18-11-7-5-6-9(2)8-11/h5-8,10H,4H2,1-3H3,(H,15,17)(H2,14,16,19)/t10-/m1/s1. The van der Waals surface area contributed by atoms with Crippen LogP contribution in [0.5, 0.6) is 5.75 Å². The van der Waals surface area contributed by atoms with Gasteiger partial charge in [0, 0.05) is 6.54 Å². The van der Waals surface area contributed by atoms with E-state index in [2.05, 4.69) is 16.2 Å². The average Bonchev–Trinajstić information content (AvgIpc) is 2.36. The normalized spacial score (nSPS) is 11.3. The highest BCUT2D eigenvalue weighted by Crippen LogP contribution is 2.13. The lowest BCUT2D eigenvalue weighted by atomic mass is 10.2. The maximum Gasteiger partial charge on any atom is 0.279 e. The number of aryl methyl sites for hydroxylation is 1. The number of amides is 1. The van der Waals surface area contributed by atoms with Crippen molar-refractivity contribution in [1.82, 2.24) is 16.2 Å². The number of carbonyl (C=O) groups excluding carboxylic acids is 1. The Kier molecular flexibility index (Phi) is 6.08. The Hall–Kier alpha value is -1.82. The van der Waals surface area contributed by atoms with E-state index in [0.29, 0.717) is 17.4 Å². The average molecular weight is 281 g/mol. The fraction of sp³-hybridized carbons (Fsp3) is 0.385. The molecule has 104 valence electrons. The fourth-order valence-electron chi connectivity index (χ4n) is 1.37. The van der Waals surface area contributed by atoms with E-state index in [9.17, 15) is 4.79 Å². The van der Waals surface area contributed by atoms with E-state index < -0.39 is 6.10 Å². The van der Waals surface area contributed by atoms with Gasteiger partial charge in [-0.1, -0.05) is 12.1 Å². The first-order chi connectivity index (χ1) is 9.02. The number of carbonyl (C=O) groups is 1. The third-order valence-electron chi connectivity index (χ3n) is 2.31. The number of hydrogen-bond acceptors (Lipinski definition) is 3. The van der Waals surface area contributed by atoms with Crippen molar-refractivity contribution in [3.63, 3.8) is 0 Å². The molecule has 3 N–H and O–H groups in total. The smallest absolute Gasteiger partial charge is 0.279 e. The van der Waals surface area contributed by atoms with Crippen LogP contribution in [0.15, 0.2) is 24.3 Å². The van der Waals surface area contributed by atoms with Crippen molar-refractivity contribution in [3.8, 4) is 5.75 Å². The summed E-state index contributed by atoms with van der Waals surface area (Å²) in [6, 6.07) is 7.54. The molecule has 1 rings (SSSR count). The molecule has 0 heterocycles. The van der Waals surface area contributed by atoms with E-state index in [1.54, 1.807) is 6.92 Å². The second-order valence-electron chi connectivity index (χ2n) is 4.05. The van der Waals surface area contributed by atoms with Crippen LogP contribution in [0.3, 0.4) is 0 Å². The molecule has 0 aromatic heterocycles. The summed E-state index contributed by atoms with van der Waals surface area (Å²) in [7, 11) is 0. The Morgan fingerprint density at radius 3 is 2.79 bits per heavy atom. The molecule has 5 nitrogen and oxygen atoms in total. The van der Waals surface area contributed by atoms with Crippen molar-refractivity contribution in [2.45, 2.75) is 26.9 Å². The van der Waals surface area contributed by atoms with Gasteiger partial charge in [-0.05, 0) is 50.7 Å². The van der Waals surface area contributed by atoms with Crippen LogP contribution >= 0.6 is 12.2 Å². The molecule has 1 aromatic carbocycles. The molecule has 0 saturated carbocycles. The molecule has 1 amide bonds. The predicted molar refractivity (Wildman–Crippen MR) is 78.8 cm³/mol. The monoisotopic (exact) mass is 281 g/mol. The van der Waals surface area contributed by atoms with Crippen molar-refractivity contribution in [3.05, 3.63) is 29.8 Å². The summed E-state index contributed by atoms with van der Waals surface area (Å²) in [6.45, 7) is 6.25. The summed E-state index contributed by atoms with van der Waals surface area (Å²) in [6.07, 6.45) is -0.612. The number of hydrazine groups is 1. The fourth-order valence-corrected chi connectivity index (χ4v) is 1.57. The summed E-state index contributed by atoms with van der Waals surface area (Å²) < 4.78 is 5.53. The van der Waals surface area contributed by atoms with Crippen LogP contribution in [-0.4, -0.2) is 23.7 Å². The highest BCUT2D eigenvalue weighted by Gasteiger charge is 2.14. The molecule has 0 aliphatic heterocycles. The van der Waals surface area contributed by atoms with Crippen LogP contribution in [0, 0.1) is 6.92 Å². The second-order valence-corrected chi connectivity index (χ2v) is 4.46. The molecule has 1 aromatic rings. The minimum Gasteiger partial charge on any atom is -0.481 e. The Bertz CT molecular complexity index is 451. The first-order valence-electron chi connectivity index (χ1n) is 6.10. The number of thiocarbonyl (C=S) groups is 1. The highest BCUT2D eigenvalue weighted by molar-refractivity contribution is 7.80. The third kappa shape index (κ3) is 5.56. The van der Waals surface area contributed by atoms with Crippen molar-refractivity contribution in [2.24, 2.45) is 0 Å². The van der Waals surface area contributed by atoms with Crippen molar-refractivity contribution < 1.29 is 9.53 Å². The van der Waals surface area contributed by atoms with Gasteiger partial charge < -0.3 is 10.1 Å². The molecule has 6 heteroatoms.